The van der Waals surface area contributed by atoms with Crippen LogP contribution >= 0.6 is 23.2 Å². The summed E-state index contributed by atoms with van der Waals surface area (Å²) < 4.78 is 0. The lowest BCUT2D eigenvalue weighted by Gasteiger charge is -2.10. The van der Waals surface area contributed by atoms with Crippen LogP contribution in [-0.2, 0) is 0 Å². The summed E-state index contributed by atoms with van der Waals surface area (Å²) in [5, 5.41) is 6.69. The monoisotopic (exact) mass is 386 g/mol. The number of amides is 1. The Bertz CT molecular complexity index is 955. The fourth-order valence-corrected chi connectivity index (χ4v) is 2.84. The molecule has 0 bridgehead atoms. The standard InChI is InChI=1S/C19H16Cl2N4O/c1-11-7-12(2)9-14(8-11)23-19-22-6-5-16(25-19)18(26)24-17-10-13(20)3-4-15(17)21/h3-10H,1-2H3,(H,24,26)(H,22,23,25). The van der Waals surface area contributed by atoms with Gasteiger partial charge in [-0.25, -0.2) is 9.97 Å². The van der Waals surface area contributed by atoms with Crippen LogP contribution in [-0.4, -0.2) is 15.9 Å². The summed E-state index contributed by atoms with van der Waals surface area (Å²) >= 11 is 12.0. The highest BCUT2D eigenvalue weighted by atomic mass is 35.5. The number of hydrogen-bond donors (Lipinski definition) is 2. The Morgan fingerprint density at radius 3 is 2.46 bits per heavy atom. The normalized spacial score (nSPS) is 10.5. The summed E-state index contributed by atoms with van der Waals surface area (Å²) in [6.45, 7) is 4.02. The smallest absolute Gasteiger partial charge is 0.274 e. The van der Waals surface area contributed by atoms with Crippen molar-refractivity contribution < 1.29 is 4.79 Å². The summed E-state index contributed by atoms with van der Waals surface area (Å²) in [5.41, 5.74) is 3.74. The van der Waals surface area contributed by atoms with Crippen molar-refractivity contribution in [3.63, 3.8) is 0 Å². The summed E-state index contributed by atoms with van der Waals surface area (Å²) in [6.07, 6.45) is 1.52. The quantitative estimate of drug-likeness (QED) is 0.629. The van der Waals surface area contributed by atoms with E-state index in [0.29, 0.717) is 21.7 Å². The molecule has 0 atom stereocenters. The van der Waals surface area contributed by atoms with Crippen LogP contribution in [0.3, 0.4) is 0 Å². The number of carbonyl (C=O) groups excluding carboxylic acids is 1. The number of hydrogen-bond acceptors (Lipinski definition) is 4. The Morgan fingerprint density at radius 2 is 1.73 bits per heavy atom. The SMILES string of the molecule is Cc1cc(C)cc(Nc2nccc(C(=O)Nc3cc(Cl)ccc3Cl)n2)c1. The Kier molecular flexibility index (Phi) is 5.40. The number of aromatic nitrogens is 2. The van der Waals surface area contributed by atoms with Gasteiger partial charge in [0.15, 0.2) is 0 Å². The van der Waals surface area contributed by atoms with E-state index in [1.54, 1.807) is 18.2 Å². The van der Waals surface area contributed by atoms with Crippen molar-refractivity contribution in [3.8, 4) is 0 Å². The number of rotatable bonds is 4. The highest BCUT2D eigenvalue weighted by Crippen LogP contribution is 2.26. The first-order valence-corrected chi connectivity index (χ1v) is 8.61. The number of nitrogens with one attached hydrogen (secondary N) is 2. The van der Waals surface area contributed by atoms with E-state index in [1.807, 2.05) is 26.0 Å². The zero-order chi connectivity index (χ0) is 18.7. The van der Waals surface area contributed by atoms with E-state index in [-0.39, 0.29) is 5.69 Å². The molecule has 1 amide bonds. The molecule has 3 rings (SSSR count). The third kappa shape index (κ3) is 4.50. The molecule has 2 N–H and O–H groups in total. The second kappa shape index (κ2) is 7.72. The van der Waals surface area contributed by atoms with Crippen molar-refractivity contribution in [2.75, 3.05) is 10.6 Å². The molecule has 3 aromatic rings. The summed E-state index contributed by atoms with van der Waals surface area (Å²) in [7, 11) is 0. The van der Waals surface area contributed by atoms with Crippen LogP contribution in [0.1, 0.15) is 21.6 Å². The maximum atomic E-state index is 12.5. The van der Waals surface area contributed by atoms with Crippen LogP contribution < -0.4 is 10.6 Å². The van der Waals surface area contributed by atoms with E-state index in [1.165, 1.54) is 12.3 Å². The van der Waals surface area contributed by atoms with Crippen LogP contribution in [0.4, 0.5) is 17.3 Å². The molecule has 0 aliphatic rings. The minimum Gasteiger partial charge on any atom is -0.324 e. The van der Waals surface area contributed by atoms with Crippen molar-refractivity contribution in [1.82, 2.24) is 9.97 Å². The predicted molar refractivity (Wildman–Crippen MR) is 106 cm³/mol. The molecule has 0 unspecified atom stereocenters. The maximum Gasteiger partial charge on any atom is 0.274 e. The van der Waals surface area contributed by atoms with Gasteiger partial charge in [0, 0.05) is 16.9 Å². The van der Waals surface area contributed by atoms with Crippen LogP contribution in [0.2, 0.25) is 10.0 Å². The number of benzene rings is 2. The third-order valence-electron chi connectivity index (χ3n) is 3.54. The lowest BCUT2D eigenvalue weighted by atomic mass is 10.1. The van der Waals surface area contributed by atoms with Gasteiger partial charge in [0.25, 0.3) is 5.91 Å². The van der Waals surface area contributed by atoms with Gasteiger partial charge >= 0.3 is 0 Å². The van der Waals surface area contributed by atoms with Crippen molar-refractivity contribution in [2.24, 2.45) is 0 Å². The lowest BCUT2D eigenvalue weighted by Crippen LogP contribution is -2.15. The number of aryl methyl sites for hydroxylation is 2. The molecule has 2 aromatic carbocycles. The van der Waals surface area contributed by atoms with Gasteiger partial charge in [-0.1, -0.05) is 29.3 Å². The number of anilines is 3. The summed E-state index contributed by atoms with van der Waals surface area (Å²) in [4.78, 5) is 20.9. The first-order valence-electron chi connectivity index (χ1n) is 7.85. The van der Waals surface area contributed by atoms with Crippen molar-refractivity contribution >= 4 is 46.4 Å². The van der Waals surface area contributed by atoms with Crippen molar-refractivity contribution in [2.45, 2.75) is 13.8 Å². The van der Waals surface area contributed by atoms with Gasteiger partial charge in [0.1, 0.15) is 5.69 Å². The molecule has 132 valence electrons. The molecule has 0 fully saturated rings. The Morgan fingerprint density at radius 1 is 1.00 bits per heavy atom. The predicted octanol–water partition coefficient (Wildman–Crippen LogP) is 5.40. The van der Waals surface area contributed by atoms with Gasteiger partial charge in [-0.3, -0.25) is 4.79 Å². The Balaban J connectivity index is 1.80. The Hall–Kier alpha value is -2.63. The van der Waals surface area contributed by atoms with Crippen LogP contribution in [0.25, 0.3) is 0 Å². The van der Waals surface area contributed by atoms with E-state index in [0.717, 1.165) is 16.8 Å². The summed E-state index contributed by atoms with van der Waals surface area (Å²) in [6, 6.07) is 12.4. The summed E-state index contributed by atoms with van der Waals surface area (Å²) in [5.74, 6) is -0.0696. The van der Waals surface area contributed by atoms with E-state index in [2.05, 4.69) is 26.7 Å². The third-order valence-corrected chi connectivity index (χ3v) is 4.11. The van der Waals surface area contributed by atoms with Gasteiger partial charge in [-0.05, 0) is 61.4 Å². The van der Waals surface area contributed by atoms with Crippen molar-refractivity contribution in [1.29, 1.82) is 0 Å². The zero-order valence-electron chi connectivity index (χ0n) is 14.2. The molecular weight excluding hydrogens is 371 g/mol. The average molecular weight is 387 g/mol. The fraction of sp³-hybridized carbons (Fsp3) is 0.105. The molecule has 0 spiro atoms. The highest BCUT2D eigenvalue weighted by Gasteiger charge is 2.12. The molecule has 0 aliphatic carbocycles. The van der Waals surface area contributed by atoms with Gasteiger partial charge in [-0.2, -0.15) is 0 Å². The minimum absolute atomic E-state index is 0.211. The number of nitrogens with zero attached hydrogens (tertiary/aromatic N) is 2. The molecule has 0 radical (unpaired) electrons. The first-order chi connectivity index (χ1) is 12.4. The topological polar surface area (TPSA) is 66.9 Å². The molecule has 1 heterocycles. The van der Waals surface area contributed by atoms with E-state index in [9.17, 15) is 4.79 Å². The van der Waals surface area contributed by atoms with E-state index in [4.69, 9.17) is 23.2 Å². The molecule has 0 saturated heterocycles. The molecule has 26 heavy (non-hydrogen) atoms. The molecule has 0 aliphatic heterocycles. The molecule has 1 aromatic heterocycles. The molecular formula is C19H16Cl2N4O. The maximum absolute atomic E-state index is 12.5. The Labute approximate surface area is 161 Å². The van der Waals surface area contributed by atoms with E-state index < -0.39 is 5.91 Å². The number of carbonyl (C=O) groups is 1. The van der Waals surface area contributed by atoms with Crippen LogP contribution in [0.5, 0.6) is 0 Å². The molecule has 0 saturated carbocycles. The first kappa shape index (κ1) is 18.2. The van der Waals surface area contributed by atoms with Gasteiger partial charge in [-0.15, -0.1) is 0 Å². The molecule has 7 heteroatoms. The van der Waals surface area contributed by atoms with Gasteiger partial charge in [0.2, 0.25) is 5.95 Å². The largest absolute Gasteiger partial charge is 0.324 e. The zero-order valence-corrected chi connectivity index (χ0v) is 15.7. The van der Waals surface area contributed by atoms with Crippen LogP contribution in [0.15, 0.2) is 48.7 Å². The second-order valence-electron chi connectivity index (χ2n) is 5.85. The van der Waals surface area contributed by atoms with Crippen LogP contribution in [0, 0.1) is 13.8 Å². The van der Waals surface area contributed by atoms with Crippen molar-refractivity contribution in [3.05, 3.63) is 75.5 Å². The average Bonchev–Trinajstić information content (AvgIpc) is 2.57. The van der Waals surface area contributed by atoms with Gasteiger partial charge < -0.3 is 10.6 Å². The molecule has 5 nitrogen and oxygen atoms in total. The second-order valence-corrected chi connectivity index (χ2v) is 6.69. The van der Waals surface area contributed by atoms with E-state index >= 15 is 0 Å². The lowest BCUT2D eigenvalue weighted by molar-refractivity contribution is 0.102. The highest BCUT2D eigenvalue weighted by molar-refractivity contribution is 6.35. The minimum atomic E-state index is -0.403. The number of halogens is 2. The van der Waals surface area contributed by atoms with Gasteiger partial charge in [0.05, 0.1) is 10.7 Å². The fourth-order valence-electron chi connectivity index (χ4n) is 2.50.